The largest absolute Gasteiger partial charge is 0.496 e. The maximum absolute atomic E-state index is 5.36. The number of hydrogen-bond donors (Lipinski definition) is 1. The first-order valence-electron chi connectivity index (χ1n) is 6.78. The van der Waals surface area contributed by atoms with Gasteiger partial charge in [-0.3, -0.25) is 0 Å². The van der Waals surface area contributed by atoms with E-state index in [0.717, 1.165) is 28.3 Å². The molecule has 4 heteroatoms. The van der Waals surface area contributed by atoms with Crippen molar-refractivity contribution < 1.29 is 14.2 Å². The average molecular weight is 287 g/mol. The van der Waals surface area contributed by atoms with Gasteiger partial charge in [-0.15, -0.1) is 0 Å². The molecule has 0 bridgehead atoms. The van der Waals surface area contributed by atoms with E-state index in [4.69, 9.17) is 14.2 Å². The van der Waals surface area contributed by atoms with Gasteiger partial charge in [-0.25, -0.2) is 0 Å². The Hall–Kier alpha value is -2.36. The van der Waals surface area contributed by atoms with Gasteiger partial charge in [0.05, 0.1) is 21.3 Å². The van der Waals surface area contributed by atoms with Crippen molar-refractivity contribution >= 4 is 5.69 Å². The lowest BCUT2D eigenvalue weighted by molar-refractivity contribution is 0.355. The highest BCUT2D eigenvalue weighted by Crippen LogP contribution is 2.33. The lowest BCUT2D eigenvalue weighted by Gasteiger charge is -2.15. The monoisotopic (exact) mass is 287 g/mol. The highest BCUT2D eigenvalue weighted by atomic mass is 16.5. The van der Waals surface area contributed by atoms with Crippen LogP contribution < -0.4 is 19.5 Å². The molecule has 0 aliphatic rings. The summed E-state index contributed by atoms with van der Waals surface area (Å²) >= 11 is 0. The minimum absolute atomic E-state index is 0.681. The van der Waals surface area contributed by atoms with Crippen molar-refractivity contribution in [3.63, 3.8) is 0 Å². The molecule has 0 spiro atoms. The first kappa shape index (κ1) is 15.0. The average Bonchev–Trinajstić information content (AvgIpc) is 2.53. The number of nitrogens with one attached hydrogen (secondary N) is 1. The molecule has 0 unspecified atom stereocenters. The number of para-hydroxylation sites is 1. The van der Waals surface area contributed by atoms with Gasteiger partial charge in [0.1, 0.15) is 5.75 Å². The van der Waals surface area contributed by atoms with Crippen molar-refractivity contribution in [2.45, 2.75) is 13.5 Å². The topological polar surface area (TPSA) is 39.7 Å². The molecule has 2 rings (SSSR count). The molecule has 1 N–H and O–H groups in total. The molecule has 2 aromatic rings. The van der Waals surface area contributed by atoms with Crippen LogP contribution in [-0.4, -0.2) is 21.3 Å². The SMILES string of the molecule is COc1ccccc1CNc1cc(OC)c(OC)cc1C. The first-order chi connectivity index (χ1) is 10.2. The van der Waals surface area contributed by atoms with E-state index in [0.29, 0.717) is 12.3 Å². The van der Waals surface area contributed by atoms with E-state index >= 15 is 0 Å². The van der Waals surface area contributed by atoms with Crippen LogP contribution in [0.15, 0.2) is 36.4 Å². The highest BCUT2D eigenvalue weighted by Gasteiger charge is 2.09. The summed E-state index contributed by atoms with van der Waals surface area (Å²) in [4.78, 5) is 0. The summed E-state index contributed by atoms with van der Waals surface area (Å²) < 4.78 is 16.0. The van der Waals surface area contributed by atoms with Crippen LogP contribution in [0, 0.1) is 6.92 Å². The molecule has 4 nitrogen and oxygen atoms in total. The summed E-state index contributed by atoms with van der Waals surface area (Å²) in [6.45, 7) is 2.72. The summed E-state index contributed by atoms with van der Waals surface area (Å²) in [5, 5.41) is 3.41. The summed E-state index contributed by atoms with van der Waals surface area (Å²) in [6, 6.07) is 11.9. The number of ether oxygens (including phenoxy) is 3. The van der Waals surface area contributed by atoms with Crippen LogP contribution in [0.5, 0.6) is 17.2 Å². The van der Waals surface area contributed by atoms with Gasteiger partial charge in [-0.1, -0.05) is 18.2 Å². The molecule has 0 radical (unpaired) electrons. The Balaban J connectivity index is 2.20. The van der Waals surface area contributed by atoms with E-state index in [1.807, 2.05) is 43.3 Å². The summed E-state index contributed by atoms with van der Waals surface area (Å²) in [5.41, 5.74) is 3.22. The fourth-order valence-corrected chi connectivity index (χ4v) is 2.21. The molecule has 0 saturated heterocycles. The smallest absolute Gasteiger partial charge is 0.162 e. The molecule has 0 atom stereocenters. The van der Waals surface area contributed by atoms with E-state index in [1.54, 1.807) is 21.3 Å². The maximum Gasteiger partial charge on any atom is 0.162 e. The van der Waals surface area contributed by atoms with Crippen LogP contribution in [0.25, 0.3) is 0 Å². The Morgan fingerprint density at radius 2 is 1.48 bits per heavy atom. The van der Waals surface area contributed by atoms with Crippen molar-refractivity contribution in [2.24, 2.45) is 0 Å². The molecule has 0 aliphatic heterocycles. The molecule has 21 heavy (non-hydrogen) atoms. The summed E-state index contributed by atoms with van der Waals surface area (Å²) in [5.74, 6) is 2.33. The molecule has 112 valence electrons. The predicted molar refractivity (Wildman–Crippen MR) is 84.6 cm³/mol. The van der Waals surface area contributed by atoms with Gasteiger partial charge < -0.3 is 19.5 Å². The van der Waals surface area contributed by atoms with E-state index in [2.05, 4.69) is 5.32 Å². The zero-order chi connectivity index (χ0) is 15.2. The van der Waals surface area contributed by atoms with Gasteiger partial charge in [0.25, 0.3) is 0 Å². The fourth-order valence-electron chi connectivity index (χ4n) is 2.21. The number of methoxy groups -OCH3 is 3. The van der Waals surface area contributed by atoms with Crippen molar-refractivity contribution in [3.05, 3.63) is 47.5 Å². The molecule has 0 aromatic heterocycles. The molecular weight excluding hydrogens is 266 g/mol. The Morgan fingerprint density at radius 3 is 2.14 bits per heavy atom. The standard InChI is InChI=1S/C17H21NO3/c1-12-9-16(20-3)17(21-4)10-14(12)18-11-13-7-5-6-8-15(13)19-2/h5-10,18H,11H2,1-4H3. The Kier molecular flexibility index (Phi) is 4.93. The van der Waals surface area contributed by atoms with Crippen molar-refractivity contribution in [3.8, 4) is 17.2 Å². The molecule has 0 aliphatic carbocycles. The molecule has 0 saturated carbocycles. The quantitative estimate of drug-likeness (QED) is 0.880. The first-order valence-corrected chi connectivity index (χ1v) is 6.78. The molecule has 0 amide bonds. The number of benzene rings is 2. The van der Waals surface area contributed by atoms with E-state index in [9.17, 15) is 0 Å². The van der Waals surface area contributed by atoms with Crippen LogP contribution >= 0.6 is 0 Å². The second-order valence-electron chi connectivity index (χ2n) is 4.69. The molecule has 0 fully saturated rings. The van der Waals surface area contributed by atoms with E-state index in [-0.39, 0.29) is 0 Å². The third-order valence-corrected chi connectivity index (χ3v) is 3.39. The third-order valence-electron chi connectivity index (χ3n) is 3.39. The number of aryl methyl sites for hydroxylation is 1. The van der Waals surface area contributed by atoms with Crippen LogP contribution in [0.2, 0.25) is 0 Å². The van der Waals surface area contributed by atoms with Crippen LogP contribution in [0.1, 0.15) is 11.1 Å². The molecular formula is C17H21NO3. The van der Waals surface area contributed by atoms with Crippen molar-refractivity contribution in [2.75, 3.05) is 26.6 Å². The maximum atomic E-state index is 5.36. The number of rotatable bonds is 6. The van der Waals surface area contributed by atoms with Crippen LogP contribution in [0.3, 0.4) is 0 Å². The normalized spacial score (nSPS) is 10.1. The zero-order valence-electron chi connectivity index (χ0n) is 12.9. The summed E-state index contributed by atoms with van der Waals surface area (Å²) in [7, 11) is 4.96. The molecule has 2 aromatic carbocycles. The summed E-state index contributed by atoms with van der Waals surface area (Å²) in [6.07, 6.45) is 0. The van der Waals surface area contributed by atoms with Gasteiger partial charge in [0, 0.05) is 23.9 Å². The van der Waals surface area contributed by atoms with E-state index in [1.165, 1.54) is 0 Å². The number of hydrogen-bond acceptors (Lipinski definition) is 4. The van der Waals surface area contributed by atoms with Crippen LogP contribution in [-0.2, 0) is 6.54 Å². The fraction of sp³-hybridized carbons (Fsp3) is 0.294. The zero-order valence-corrected chi connectivity index (χ0v) is 12.9. The Labute approximate surface area is 125 Å². The predicted octanol–water partition coefficient (Wildman–Crippen LogP) is 3.63. The second-order valence-corrected chi connectivity index (χ2v) is 4.69. The Morgan fingerprint density at radius 1 is 0.857 bits per heavy atom. The van der Waals surface area contributed by atoms with Gasteiger partial charge >= 0.3 is 0 Å². The van der Waals surface area contributed by atoms with E-state index < -0.39 is 0 Å². The van der Waals surface area contributed by atoms with Gasteiger partial charge in [-0.2, -0.15) is 0 Å². The highest BCUT2D eigenvalue weighted by molar-refractivity contribution is 5.60. The van der Waals surface area contributed by atoms with Crippen LogP contribution in [0.4, 0.5) is 5.69 Å². The molecule has 0 heterocycles. The third kappa shape index (κ3) is 3.40. The Bertz CT molecular complexity index is 611. The van der Waals surface area contributed by atoms with Gasteiger partial charge in [-0.05, 0) is 24.6 Å². The second kappa shape index (κ2) is 6.88. The van der Waals surface area contributed by atoms with Crippen molar-refractivity contribution in [1.29, 1.82) is 0 Å². The lowest BCUT2D eigenvalue weighted by atomic mass is 10.1. The number of anilines is 1. The minimum atomic E-state index is 0.681. The van der Waals surface area contributed by atoms with Gasteiger partial charge in [0.2, 0.25) is 0 Å². The lowest BCUT2D eigenvalue weighted by Crippen LogP contribution is -2.04. The van der Waals surface area contributed by atoms with Gasteiger partial charge in [0.15, 0.2) is 11.5 Å². The minimum Gasteiger partial charge on any atom is -0.496 e. The van der Waals surface area contributed by atoms with Crippen molar-refractivity contribution in [1.82, 2.24) is 0 Å².